The van der Waals surface area contributed by atoms with Gasteiger partial charge in [-0.25, -0.2) is 4.98 Å². The predicted molar refractivity (Wildman–Crippen MR) is 72.6 cm³/mol. The van der Waals surface area contributed by atoms with E-state index in [1.54, 1.807) is 0 Å². The molecule has 2 aromatic rings. The molecule has 3 nitrogen and oxygen atoms in total. The second kappa shape index (κ2) is 5.47. The van der Waals surface area contributed by atoms with Gasteiger partial charge < -0.3 is 9.88 Å². The van der Waals surface area contributed by atoms with Crippen LogP contribution in [0.2, 0.25) is 0 Å². The van der Waals surface area contributed by atoms with Crippen LogP contribution in [0.3, 0.4) is 0 Å². The van der Waals surface area contributed by atoms with Gasteiger partial charge in [-0.15, -0.1) is 0 Å². The summed E-state index contributed by atoms with van der Waals surface area (Å²) in [7, 11) is 2.01. The molecule has 0 aliphatic carbocycles. The van der Waals surface area contributed by atoms with Gasteiger partial charge in [0.15, 0.2) is 0 Å². The van der Waals surface area contributed by atoms with Crippen molar-refractivity contribution in [2.24, 2.45) is 7.05 Å². The Morgan fingerprint density at radius 3 is 2.82 bits per heavy atom. The van der Waals surface area contributed by atoms with E-state index in [1.807, 2.05) is 30.1 Å². The van der Waals surface area contributed by atoms with Crippen LogP contribution in [0.25, 0.3) is 0 Å². The summed E-state index contributed by atoms with van der Waals surface area (Å²) in [5.74, 6) is 1.05. The number of rotatable bonds is 4. The van der Waals surface area contributed by atoms with E-state index in [0.29, 0.717) is 6.04 Å². The number of benzene rings is 1. The largest absolute Gasteiger partial charge is 0.337 e. The van der Waals surface area contributed by atoms with Crippen LogP contribution in [0.15, 0.2) is 41.1 Å². The Labute approximate surface area is 110 Å². The SMILES string of the molecule is CC(NCc1nccn1C)c1ccccc1Br. The van der Waals surface area contributed by atoms with Crippen molar-refractivity contribution in [2.75, 3.05) is 0 Å². The third-order valence-electron chi connectivity index (χ3n) is 2.86. The Kier molecular flexibility index (Phi) is 3.97. The van der Waals surface area contributed by atoms with Crippen LogP contribution >= 0.6 is 15.9 Å². The minimum Gasteiger partial charge on any atom is -0.337 e. The summed E-state index contributed by atoms with van der Waals surface area (Å²) in [5.41, 5.74) is 1.27. The highest BCUT2D eigenvalue weighted by atomic mass is 79.9. The molecule has 4 heteroatoms. The fraction of sp³-hybridized carbons (Fsp3) is 0.308. The van der Waals surface area contributed by atoms with Crippen molar-refractivity contribution in [1.82, 2.24) is 14.9 Å². The third-order valence-corrected chi connectivity index (χ3v) is 3.58. The van der Waals surface area contributed by atoms with Gasteiger partial charge in [0, 0.05) is 30.0 Å². The minimum atomic E-state index is 0.294. The van der Waals surface area contributed by atoms with Gasteiger partial charge in [-0.1, -0.05) is 34.1 Å². The van der Waals surface area contributed by atoms with Crippen LogP contribution in [-0.4, -0.2) is 9.55 Å². The van der Waals surface area contributed by atoms with E-state index in [9.17, 15) is 0 Å². The Morgan fingerprint density at radius 2 is 2.18 bits per heavy atom. The number of aryl methyl sites for hydroxylation is 1. The molecule has 1 aromatic heterocycles. The van der Waals surface area contributed by atoms with Crippen molar-refractivity contribution in [2.45, 2.75) is 19.5 Å². The highest BCUT2D eigenvalue weighted by Crippen LogP contribution is 2.22. The topological polar surface area (TPSA) is 29.9 Å². The van der Waals surface area contributed by atoms with E-state index >= 15 is 0 Å². The lowest BCUT2D eigenvalue weighted by atomic mass is 10.1. The quantitative estimate of drug-likeness (QED) is 0.939. The van der Waals surface area contributed by atoms with Crippen molar-refractivity contribution in [3.05, 3.63) is 52.5 Å². The second-order valence-electron chi connectivity index (χ2n) is 4.08. The van der Waals surface area contributed by atoms with Crippen molar-refractivity contribution in [3.63, 3.8) is 0 Å². The number of hydrogen-bond acceptors (Lipinski definition) is 2. The van der Waals surface area contributed by atoms with E-state index in [0.717, 1.165) is 16.8 Å². The summed E-state index contributed by atoms with van der Waals surface area (Å²) < 4.78 is 3.17. The Bertz CT molecular complexity index is 493. The third kappa shape index (κ3) is 2.96. The first kappa shape index (κ1) is 12.3. The summed E-state index contributed by atoms with van der Waals surface area (Å²) in [6.45, 7) is 2.93. The maximum Gasteiger partial charge on any atom is 0.122 e. The average Bonchev–Trinajstić information content (AvgIpc) is 2.72. The first-order chi connectivity index (χ1) is 8.18. The standard InChI is InChI=1S/C13H16BrN3/c1-10(11-5-3-4-6-12(11)14)16-9-13-15-7-8-17(13)2/h3-8,10,16H,9H2,1-2H3. The number of halogens is 1. The number of aromatic nitrogens is 2. The molecule has 0 aliphatic heterocycles. The van der Waals surface area contributed by atoms with Crippen LogP contribution in [0.5, 0.6) is 0 Å². The molecule has 1 aromatic carbocycles. The summed E-state index contributed by atoms with van der Waals surface area (Å²) in [5, 5.41) is 3.47. The van der Waals surface area contributed by atoms with E-state index in [2.05, 4.69) is 51.4 Å². The van der Waals surface area contributed by atoms with E-state index in [1.165, 1.54) is 5.56 Å². The zero-order valence-corrected chi connectivity index (χ0v) is 11.6. The Balaban J connectivity index is 2.01. The zero-order valence-electron chi connectivity index (χ0n) is 10.0. The van der Waals surface area contributed by atoms with Crippen LogP contribution in [0, 0.1) is 0 Å². The van der Waals surface area contributed by atoms with Gasteiger partial charge in [0.25, 0.3) is 0 Å². The number of hydrogen-bond donors (Lipinski definition) is 1. The molecule has 0 saturated heterocycles. The van der Waals surface area contributed by atoms with Gasteiger partial charge in [0.05, 0.1) is 6.54 Å². The first-order valence-electron chi connectivity index (χ1n) is 5.62. The van der Waals surface area contributed by atoms with E-state index < -0.39 is 0 Å². The fourth-order valence-corrected chi connectivity index (χ4v) is 2.38. The van der Waals surface area contributed by atoms with Crippen molar-refractivity contribution < 1.29 is 0 Å². The van der Waals surface area contributed by atoms with Gasteiger partial charge in [-0.3, -0.25) is 0 Å². The molecule has 0 bridgehead atoms. The molecule has 0 radical (unpaired) electrons. The smallest absolute Gasteiger partial charge is 0.122 e. The monoisotopic (exact) mass is 293 g/mol. The van der Waals surface area contributed by atoms with E-state index in [4.69, 9.17) is 0 Å². The summed E-state index contributed by atoms with van der Waals surface area (Å²) in [4.78, 5) is 4.29. The highest BCUT2D eigenvalue weighted by Gasteiger charge is 2.09. The molecule has 1 unspecified atom stereocenters. The van der Waals surface area contributed by atoms with Crippen molar-refractivity contribution >= 4 is 15.9 Å². The molecular formula is C13H16BrN3. The van der Waals surface area contributed by atoms with Crippen LogP contribution in [0.1, 0.15) is 24.4 Å². The summed E-state index contributed by atoms with van der Waals surface area (Å²) in [6, 6.07) is 8.56. The molecule has 0 fully saturated rings. The van der Waals surface area contributed by atoms with Gasteiger partial charge in [-0.2, -0.15) is 0 Å². The Morgan fingerprint density at radius 1 is 1.41 bits per heavy atom. The van der Waals surface area contributed by atoms with Crippen LogP contribution < -0.4 is 5.32 Å². The molecule has 0 spiro atoms. The highest BCUT2D eigenvalue weighted by molar-refractivity contribution is 9.10. The fourth-order valence-electron chi connectivity index (χ4n) is 1.75. The minimum absolute atomic E-state index is 0.294. The number of nitrogens with zero attached hydrogens (tertiary/aromatic N) is 2. The summed E-state index contributed by atoms with van der Waals surface area (Å²) >= 11 is 3.57. The number of nitrogens with one attached hydrogen (secondary N) is 1. The molecule has 1 atom stereocenters. The molecule has 0 amide bonds. The number of imidazole rings is 1. The molecule has 1 heterocycles. The molecule has 0 saturated carbocycles. The maximum atomic E-state index is 4.29. The van der Waals surface area contributed by atoms with Gasteiger partial charge >= 0.3 is 0 Å². The molecule has 17 heavy (non-hydrogen) atoms. The lowest BCUT2D eigenvalue weighted by molar-refractivity contribution is 0.548. The van der Waals surface area contributed by atoms with Crippen molar-refractivity contribution in [3.8, 4) is 0 Å². The molecule has 0 aliphatic rings. The van der Waals surface area contributed by atoms with Crippen LogP contribution in [0.4, 0.5) is 0 Å². The van der Waals surface area contributed by atoms with Gasteiger partial charge in [0.2, 0.25) is 0 Å². The lowest BCUT2D eigenvalue weighted by Gasteiger charge is -2.15. The second-order valence-corrected chi connectivity index (χ2v) is 4.93. The molecule has 1 N–H and O–H groups in total. The zero-order chi connectivity index (χ0) is 12.3. The maximum absolute atomic E-state index is 4.29. The van der Waals surface area contributed by atoms with Crippen LogP contribution in [-0.2, 0) is 13.6 Å². The predicted octanol–water partition coefficient (Wildman–Crippen LogP) is 3.03. The Hall–Kier alpha value is -1.13. The van der Waals surface area contributed by atoms with E-state index in [-0.39, 0.29) is 0 Å². The lowest BCUT2D eigenvalue weighted by Crippen LogP contribution is -2.20. The van der Waals surface area contributed by atoms with Crippen molar-refractivity contribution in [1.29, 1.82) is 0 Å². The molecule has 2 rings (SSSR count). The van der Waals surface area contributed by atoms with Gasteiger partial charge in [-0.05, 0) is 18.6 Å². The average molecular weight is 294 g/mol. The molecular weight excluding hydrogens is 278 g/mol. The first-order valence-corrected chi connectivity index (χ1v) is 6.42. The van der Waals surface area contributed by atoms with Gasteiger partial charge in [0.1, 0.15) is 5.82 Å². The molecule has 90 valence electrons. The normalized spacial score (nSPS) is 12.6. The summed E-state index contributed by atoms with van der Waals surface area (Å²) in [6.07, 6.45) is 3.78.